The Bertz CT molecular complexity index is 377. The highest BCUT2D eigenvalue weighted by Gasteiger charge is 2.30. The predicted molar refractivity (Wildman–Crippen MR) is 79.1 cm³/mol. The van der Waals surface area contributed by atoms with E-state index in [0.29, 0.717) is 6.04 Å². The zero-order valence-electron chi connectivity index (χ0n) is 12.3. The SMILES string of the molecule is CC(CS(C)(=O)=O)N1CCNC(C2CCCCC2)C1. The van der Waals surface area contributed by atoms with Gasteiger partial charge in [0.1, 0.15) is 9.84 Å². The van der Waals surface area contributed by atoms with E-state index in [1.54, 1.807) is 0 Å². The van der Waals surface area contributed by atoms with E-state index in [2.05, 4.69) is 10.2 Å². The van der Waals surface area contributed by atoms with Crippen LogP contribution in [0.3, 0.4) is 0 Å². The van der Waals surface area contributed by atoms with Crippen molar-refractivity contribution < 1.29 is 8.42 Å². The molecular formula is C14H28N2O2S. The molecule has 2 unspecified atom stereocenters. The van der Waals surface area contributed by atoms with E-state index >= 15 is 0 Å². The van der Waals surface area contributed by atoms with Gasteiger partial charge in [-0.3, -0.25) is 4.90 Å². The number of piperazine rings is 1. The summed E-state index contributed by atoms with van der Waals surface area (Å²) in [5.41, 5.74) is 0. The smallest absolute Gasteiger partial charge is 0.148 e. The van der Waals surface area contributed by atoms with Gasteiger partial charge in [-0.25, -0.2) is 8.42 Å². The number of hydrogen-bond acceptors (Lipinski definition) is 4. The summed E-state index contributed by atoms with van der Waals surface area (Å²) in [4.78, 5) is 2.36. The average Bonchev–Trinajstić information content (AvgIpc) is 2.38. The van der Waals surface area contributed by atoms with Crippen LogP contribution in [0.4, 0.5) is 0 Å². The first kappa shape index (κ1) is 15.3. The lowest BCUT2D eigenvalue weighted by molar-refractivity contribution is 0.122. The Morgan fingerprint density at radius 1 is 1.26 bits per heavy atom. The molecule has 1 saturated carbocycles. The van der Waals surface area contributed by atoms with Gasteiger partial charge < -0.3 is 5.32 Å². The standard InChI is InChI=1S/C14H28N2O2S/c1-12(11-19(2,17)18)16-9-8-15-14(10-16)13-6-4-3-5-7-13/h12-15H,3-11H2,1-2H3. The summed E-state index contributed by atoms with van der Waals surface area (Å²) in [6, 6.07) is 0.708. The third-order valence-electron chi connectivity index (χ3n) is 4.62. The van der Waals surface area contributed by atoms with Crippen LogP contribution in [0.1, 0.15) is 39.0 Å². The molecule has 5 heteroatoms. The second-order valence-corrected chi connectivity index (χ2v) is 8.58. The molecule has 0 radical (unpaired) electrons. The molecule has 0 bridgehead atoms. The lowest BCUT2D eigenvalue weighted by Gasteiger charge is -2.41. The Morgan fingerprint density at radius 3 is 2.58 bits per heavy atom. The second kappa shape index (κ2) is 6.55. The quantitative estimate of drug-likeness (QED) is 0.846. The fraction of sp³-hybridized carbons (Fsp3) is 1.00. The minimum absolute atomic E-state index is 0.142. The van der Waals surface area contributed by atoms with Crippen LogP contribution in [0.15, 0.2) is 0 Å². The van der Waals surface area contributed by atoms with Crippen LogP contribution in [0, 0.1) is 5.92 Å². The van der Waals surface area contributed by atoms with Gasteiger partial charge in [-0.15, -0.1) is 0 Å². The van der Waals surface area contributed by atoms with E-state index in [1.807, 2.05) is 6.92 Å². The minimum Gasteiger partial charge on any atom is -0.311 e. The van der Waals surface area contributed by atoms with Crippen LogP contribution in [0.5, 0.6) is 0 Å². The van der Waals surface area contributed by atoms with Gasteiger partial charge in [0.2, 0.25) is 0 Å². The molecule has 0 spiro atoms. The van der Waals surface area contributed by atoms with E-state index in [4.69, 9.17) is 0 Å². The van der Waals surface area contributed by atoms with Gasteiger partial charge in [-0.1, -0.05) is 19.3 Å². The van der Waals surface area contributed by atoms with Crippen LogP contribution in [0.25, 0.3) is 0 Å². The molecule has 1 heterocycles. The first-order valence-corrected chi connectivity index (χ1v) is 9.67. The molecule has 19 heavy (non-hydrogen) atoms. The zero-order chi connectivity index (χ0) is 13.9. The Morgan fingerprint density at radius 2 is 1.95 bits per heavy atom. The maximum atomic E-state index is 11.4. The van der Waals surface area contributed by atoms with Crippen molar-refractivity contribution in [3.63, 3.8) is 0 Å². The number of sulfone groups is 1. The zero-order valence-corrected chi connectivity index (χ0v) is 13.1. The van der Waals surface area contributed by atoms with E-state index in [-0.39, 0.29) is 11.8 Å². The van der Waals surface area contributed by atoms with Gasteiger partial charge in [0, 0.05) is 38.0 Å². The van der Waals surface area contributed by atoms with Gasteiger partial charge in [-0.05, 0) is 25.7 Å². The molecule has 0 aromatic heterocycles. The molecular weight excluding hydrogens is 260 g/mol. The van der Waals surface area contributed by atoms with Crippen molar-refractivity contribution in [2.75, 3.05) is 31.6 Å². The fourth-order valence-electron chi connectivity index (χ4n) is 3.60. The van der Waals surface area contributed by atoms with Crippen molar-refractivity contribution in [3.05, 3.63) is 0 Å². The van der Waals surface area contributed by atoms with Crippen LogP contribution < -0.4 is 5.32 Å². The van der Waals surface area contributed by atoms with Crippen LogP contribution >= 0.6 is 0 Å². The van der Waals surface area contributed by atoms with Gasteiger partial charge in [0.15, 0.2) is 0 Å². The molecule has 0 aromatic rings. The summed E-state index contributed by atoms with van der Waals surface area (Å²) in [5.74, 6) is 1.08. The predicted octanol–water partition coefficient (Wildman–Crippen LogP) is 1.27. The van der Waals surface area contributed by atoms with Gasteiger partial charge in [0.05, 0.1) is 5.75 Å². The topological polar surface area (TPSA) is 49.4 Å². The van der Waals surface area contributed by atoms with Crippen molar-refractivity contribution in [2.45, 2.75) is 51.1 Å². The lowest BCUT2D eigenvalue weighted by Crippen LogP contribution is -2.57. The number of nitrogens with zero attached hydrogens (tertiary/aromatic N) is 1. The van der Waals surface area contributed by atoms with Crippen molar-refractivity contribution in [3.8, 4) is 0 Å². The Hall–Kier alpha value is -0.130. The first-order chi connectivity index (χ1) is 8.96. The van der Waals surface area contributed by atoms with E-state index in [0.717, 1.165) is 25.6 Å². The maximum absolute atomic E-state index is 11.4. The molecule has 1 N–H and O–H groups in total. The third-order valence-corrected chi connectivity index (χ3v) is 5.71. The fourth-order valence-corrected chi connectivity index (χ4v) is 4.69. The van der Waals surface area contributed by atoms with Crippen molar-refractivity contribution in [1.29, 1.82) is 0 Å². The molecule has 1 aliphatic heterocycles. The largest absolute Gasteiger partial charge is 0.311 e. The molecule has 2 rings (SSSR count). The molecule has 2 aliphatic rings. The van der Waals surface area contributed by atoms with Crippen molar-refractivity contribution in [1.82, 2.24) is 10.2 Å². The van der Waals surface area contributed by atoms with Crippen molar-refractivity contribution in [2.24, 2.45) is 5.92 Å². The monoisotopic (exact) mass is 288 g/mol. The molecule has 0 aromatic carbocycles. The van der Waals surface area contributed by atoms with E-state index in [1.165, 1.54) is 38.4 Å². The molecule has 4 nitrogen and oxygen atoms in total. The highest BCUT2D eigenvalue weighted by molar-refractivity contribution is 7.90. The summed E-state index contributed by atoms with van der Waals surface area (Å²) in [6.07, 6.45) is 8.13. The molecule has 2 fully saturated rings. The molecule has 2 atom stereocenters. The normalized spacial score (nSPS) is 29.3. The van der Waals surface area contributed by atoms with Gasteiger partial charge in [0.25, 0.3) is 0 Å². The number of nitrogens with one attached hydrogen (secondary N) is 1. The third kappa shape index (κ3) is 4.72. The molecule has 1 aliphatic carbocycles. The molecule has 1 saturated heterocycles. The molecule has 112 valence electrons. The van der Waals surface area contributed by atoms with Crippen molar-refractivity contribution >= 4 is 9.84 Å². The van der Waals surface area contributed by atoms with Gasteiger partial charge >= 0.3 is 0 Å². The molecule has 0 amide bonds. The summed E-state index contributed by atoms with van der Waals surface area (Å²) in [6.45, 7) is 5.03. The van der Waals surface area contributed by atoms with Crippen LogP contribution in [0.2, 0.25) is 0 Å². The van der Waals surface area contributed by atoms with Crippen LogP contribution in [-0.2, 0) is 9.84 Å². The summed E-state index contributed by atoms with van der Waals surface area (Å²) in [7, 11) is -2.88. The van der Waals surface area contributed by atoms with Crippen LogP contribution in [-0.4, -0.2) is 57.0 Å². The Kier molecular flexibility index (Phi) is 5.26. The van der Waals surface area contributed by atoms with E-state index < -0.39 is 9.84 Å². The second-order valence-electron chi connectivity index (χ2n) is 6.40. The maximum Gasteiger partial charge on any atom is 0.148 e. The minimum atomic E-state index is -2.88. The Labute approximate surface area is 117 Å². The number of rotatable bonds is 4. The Balaban J connectivity index is 1.89. The number of hydrogen-bond donors (Lipinski definition) is 1. The first-order valence-electron chi connectivity index (χ1n) is 7.61. The average molecular weight is 288 g/mol. The summed E-state index contributed by atoms with van der Waals surface area (Å²) in [5, 5.41) is 3.65. The lowest BCUT2D eigenvalue weighted by atomic mass is 9.83. The summed E-state index contributed by atoms with van der Waals surface area (Å²) < 4.78 is 22.9. The highest BCUT2D eigenvalue weighted by Crippen LogP contribution is 2.28. The van der Waals surface area contributed by atoms with Gasteiger partial charge in [-0.2, -0.15) is 0 Å². The highest BCUT2D eigenvalue weighted by atomic mass is 32.2. The summed E-state index contributed by atoms with van der Waals surface area (Å²) >= 11 is 0. The van der Waals surface area contributed by atoms with E-state index in [9.17, 15) is 8.42 Å².